The first-order chi connectivity index (χ1) is 18.3. The van der Waals surface area contributed by atoms with Crippen LogP contribution in [0.3, 0.4) is 0 Å². The van der Waals surface area contributed by atoms with Gasteiger partial charge < -0.3 is 34.3 Å². The van der Waals surface area contributed by atoms with Crippen molar-refractivity contribution in [3.63, 3.8) is 0 Å². The Morgan fingerprint density at radius 2 is 1.76 bits per heavy atom. The van der Waals surface area contributed by atoms with Crippen LogP contribution in [0.4, 0.5) is 4.39 Å². The molecule has 0 saturated carbocycles. The molecule has 2 atom stereocenters. The monoisotopic (exact) mass is 530 g/mol. The van der Waals surface area contributed by atoms with Gasteiger partial charge in [0.1, 0.15) is 25.9 Å². The van der Waals surface area contributed by atoms with Gasteiger partial charge in [0.15, 0.2) is 11.5 Å². The molecule has 204 valence electrons. The predicted octanol–water partition coefficient (Wildman–Crippen LogP) is 2.78. The van der Waals surface area contributed by atoms with E-state index in [-0.39, 0.29) is 18.9 Å². The van der Waals surface area contributed by atoms with Crippen molar-refractivity contribution in [2.75, 3.05) is 34.1 Å². The summed E-state index contributed by atoms with van der Waals surface area (Å²) >= 11 is 0. The van der Waals surface area contributed by atoms with Crippen molar-refractivity contribution in [1.82, 2.24) is 10.2 Å². The zero-order valence-electron chi connectivity index (χ0n) is 21.5. The van der Waals surface area contributed by atoms with Crippen molar-refractivity contribution >= 4 is 17.8 Å². The van der Waals surface area contributed by atoms with E-state index in [0.29, 0.717) is 30.3 Å². The van der Waals surface area contributed by atoms with Crippen molar-refractivity contribution < 1.29 is 42.8 Å². The summed E-state index contributed by atoms with van der Waals surface area (Å²) in [5.41, 5.74) is 2.89. The minimum Gasteiger partial charge on any atom is -0.486 e. The van der Waals surface area contributed by atoms with Crippen LogP contribution in [0, 0.1) is 0 Å². The average molecular weight is 531 g/mol. The van der Waals surface area contributed by atoms with Gasteiger partial charge in [-0.15, -0.1) is 0 Å². The van der Waals surface area contributed by atoms with Crippen LogP contribution in [0.15, 0.2) is 36.4 Å². The molecule has 2 aliphatic rings. The number of methoxy groups -OCH3 is 2. The SMILES string of the molecule is CC[C@@H](C(=O)NC(CC(=O)O)C(CF)(OC)OC)N1Cc2ccc(-c3ccc4c(c3)OCCO4)cc2C1=O. The Balaban J connectivity index is 1.55. The van der Waals surface area contributed by atoms with Crippen molar-refractivity contribution in [3.05, 3.63) is 47.5 Å². The van der Waals surface area contributed by atoms with Crippen LogP contribution in [0.5, 0.6) is 11.5 Å². The van der Waals surface area contributed by atoms with Gasteiger partial charge in [0.05, 0.1) is 12.5 Å². The Bertz CT molecular complexity index is 1210. The second-order valence-electron chi connectivity index (χ2n) is 9.10. The third-order valence-corrected chi connectivity index (χ3v) is 6.99. The molecule has 0 aromatic heterocycles. The molecule has 0 fully saturated rings. The zero-order chi connectivity index (χ0) is 27.4. The Morgan fingerprint density at radius 3 is 2.39 bits per heavy atom. The van der Waals surface area contributed by atoms with Gasteiger partial charge in [0.25, 0.3) is 5.91 Å². The maximum absolute atomic E-state index is 13.9. The molecule has 0 saturated heterocycles. The molecule has 4 rings (SSSR count). The lowest BCUT2D eigenvalue weighted by Crippen LogP contribution is -2.60. The third kappa shape index (κ3) is 5.16. The standard InChI is InChI=1S/C27H31FN2O8/c1-4-20(25(33)29-23(13-24(31)32)27(15-28,35-2)36-3)30-14-18-6-5-16(11-19(18)26(30)34)17-7-8-21-22(12-17)38-10-9-37-21/h5-8,11-12,20,23H,4,9-10,13-15H2,1-3H3,(H,29,33)(H,31,32)/t20-,23?/m0/s1. The second-order valence-corrected chi connectivity index (χ2v) is 9.10. The number of alkyl halides is 1. The number of hydrogen-bond acceptors (Lipinski definition) is 7. The number of nitrogens with zero attached hydrogens (tertiary/aromatic N) is 1. The minimum absolute atomic E-state index is 0.202. The number of aliphatic carboxylic acids is 1. The second kappa shape index (κ2) is 11.4. The molecule has 11 heteroatoms. The van der Waals surface area contributed by atoms with Gasteiger partial charge in [0.2, 0.25) is 11.7 Å². The molecule has 38 heavy (non-hydrogen) atoms. The summed E-state index contributed by atoms with van der Waals surface area (Å²) in [7, 11) is 2.34. The van der Waals surface area contributed by atoms with E-state index in [1.54, 1.807) is 13.0 Å². The lowest BCUT2D eigenvalue weighted by molar-refractivity contribution is -0.234. The molecule has 0 aliphatic carbocycles. The summed E-state index contributed by atoms with van der Waals surface area (Å²) < 4.78 is 35.4. The first kappa shape index (κ1) is 27.3. The number of amides is 2. The molecule has 2 heterocycles. The minimum atomic E-state index is -1.98. The van der Waals surface area contributed by atoms with Crippen molar-refractivity contribution in [3.8, 4) is 22.6 Å². The van der Waals surface area contributed by atoms with Crippen LogP contribution in [0.1, 0.15) is 35.7 Å². The molecule has 2 aromatic carbocycles. The van der Waals surface area contributed by atoms with E-state index in [2.05, 4.69) is 5.32 Å². The summed E-state index contributed by atoms with van der Waals surface area (Å²) in [4.78, 5) is 39.6. The lowest BCUT2D eigenvalue weighted by atomic mass is 10.00. The fourth-order valence-corrected chi connectivity index (χ4v) is 4.85. The van der Waals surface area contributed by atoms with E-state index in [1.807, 2.05) is 30.3 Å². The number of carbonyl (C=O) groups excluding carboxylic acids is 2. The molecule has 2 aliphatic heterocycles. The fraction of sp³-hybridized carbons (Fsp3) is 0.444. The summed E-state index contributed by atoms with van der Waals surface area (Å²) in [5, 5.41) is 11.9. The maximum atomic E-state index is 13.9. The smallest absolute Gasteiger partial charge is 0.305 e. The van der Waals surface area contributed by atoms with Crippen molar-refractivity contribution in [1.29, 1.82) is 0 Å². The highest BCUT2D eigenvalue weighted by atomic mass is 19.1. The number of carbonyl (C=O) groups is 3. The largest absolute Gasteiger partial charge is 0.486 e. The molecular weight excluding hydrogens is 499 g/mol. The molecule has 10 nitrogen and oxygen atoms in total. The molecule has 2 amide bonds. The summed E-state index contributed by atoms with van der Waals surface area (Å²) in [6, 6.07) is 8.86. The van der Waals surface area contributed by atoms with Gasteiger partial charge in [0, 0.05) is 26.3 Å². The highest BCUT2D eigenvalue weighted by Gasteiger charge is 2.44. The van der Waals surface area contributed by atoms with Crippen LogP contribution in [0.25, 0.3) is 11.1 Å². The zero-order valence-corrected chi connectivity index (χ0v) is 21.5. The Kier molecular flexibility index (Phi) is 8.17. The number of rotatable bonds is 11. The fourth-order valence-electron chi connectivity index (χ4n) is 4.85. The molecule has 0 spiro atoms. The summed E-state index contributed by atoms with van der Waals surface area (Å²) in [6.45, 7) is 1.70. The number of hydrogen-bond donors (Lipinski definition) is 2. The highest BCUT2D eigenvalue weighted by molar-refractivity contribution is 6.02. The Morgan fingerprint density at radius 1 is 1.11 bits per heavy atom. The van der Waals surface area contributed by atoms with E-state index in [1.165, 1.54) is 19.1 Å². The van der Waals surface area contributed by atoms with Crippen LogP contribution < -0.4 is 14.8 Å². The van der Waals surface area contributed by atoms with E-state index < -0.39 is 42.8 Å². The van der Waals surface area contributed by atoms with Gasteiger partial charge in [-0.25, -0.2) is 4.39 Å². The Hall–Kier alpha value is -3.70. The van der Waals surface area contributed by atoms with Gasteiger partial charge in [-0.2, -0.15) is 0 Å². The molecule has 2 aromatic rings. The number of carboxylic acid groups (broad SMARTS) is 1. The molecule has 0 bridgehead atoms. The quantitative estimate of drug-likeness (QED) is 0.425. The normalized spacial score (nSPS) is 16.1. The first-order valence-electron chi connectivity index (χ1n) is 12.3. The number of carboxylic acids is 1. The number of fused-ring (bicyclic) bond motifs is 2. The molecule has 2 N–H and O–H groups in total. The number of ether oxygens (including phenoxy) is 4. The van der Waals surface area contributed by atoms with Crippen molar-refractivity contribution in [2.45, 2.75) is 44.2 Å². The topological polar surface area (TPSA) is 124 Å². The lowest BCUT2D eigenvalue weighted by Gasteiger charge is -2.37. The number of nitrogens with one attached hydrogen (secondary N) is 1. The first-order valence-corrected chi connectivity index (χ1v) is 12.3. The van der Waals surface area contributed by atoms with Crippen LogP contribution in [0.2, 0.25) is 0 Å². The average Bonchev–Trinajstić information content (AvgIpc) is 3.25. The van der Waals surface area contributed by atoms with Crippen LogP contribution in [-0.2, 0) is 25.6 Å². The highest BCUT2D eigenvalue weighted by Crippen LogP contribution is 2.36. The maximum Gasteiger partial charge on any atom is 0.305 e. The molecule has 1 unspecified atom stereocenters. The van der Waals surface area contributed by atoms with Gasteiger partial charge >= 0.3 is 5.97 Å². The van der Waals surface area contributed by atoms with Crippen LogP contribution in [-0.4, -0.2) is 79.8 Å². The van der Waals surface area contributed by atoms with E-state index >= 15 is 0 Å². The summed E-state index contributed by atoms with van der Waals surface area (Å²) in [5.74, 6) is -2.91. The summed E-state index contributed by atoms with van der Waals surface area (Å²) in [6.07, 6.45) is -0.385. The predicted molar refractivity (Wildman–Crippen MR) is 134 cm³/mol. The van der Waals surface area contributed by atoms with E-state index in [9.17, 15) is 23.9 Å². The van der Waals surface area contributed by atoms with E-state index in [0.717, 1.165) is 16.7 Å². The van der Waals surface area contributed by atoms with Gasteiger partial charge in [-0.3, -0.25) is 14.4 Å². The Labute approximate surface area is 219 Å². The molecular formula is C27H31FN2O8. The van der Waals surface area contributed by atoms with E-state index in [4.69, 9.17) is 18.9 Å². The number of benzene rings is 2. The third-order valence-electron chi connectivity index (χ3n) is 6.99. The van der Waals surface area contributed by atoms with Gasteiger partial charge in [-0.05, 0) is 41.3 Å². The van der Waals surface area contributed by atoms with Crippen molar-refractivity contribution in [2.24, 2.45) is 0 Å². The number of halogens is 1. The van der Waals surface area contributed by atoms with Crippen LogP contribution >= 0.6 is 0 Å². The van der Waals surface area contributed by atoms with Gasteiger partial charge in [-0.1, -0.05) is 25.1 Å². The molecule has 0 radical (unpaired) electrons.